The lowest BCUT2D eigenvalue weighted by molar-refractivity contribution is -0.111. The molecular weight excluding hydrogens is 273 g/mol. The maximum atomic E-state index is 12.9. The molecule has 0 bridgehead atoms. The van der Waals surface area contributed by atoms with Gasteiger partial charge in [-0.05, 0) is 41.1 Å². The van der Waals surface area contributed by atoms with Crippen molar-refractivity contribution in [3.05, 3.63) is 52.8 Å². The first kappa shape index (κ1) is 12.6. The number of allylic oxidation sites excluding steroid dienone is 3. The summed E-state index contributed by atoms with van der Waals surface area (Å²) in [4.78, 5) is 11.4. The molecular formula is C12H11BrFNO. The zero-order valence-corrected chi connectivity index (χ0v) is 10.3. The summed E-state index contributed by atoms with van der Waals surface area (Å²) < 4.78 is 13.5. The van der Waals surface area contributed by atoms with E-state index in [9.17, 15) is 9.18 Å². The summed E-state index contributed by atoms with van der Waals surface area (Å²) in [7, 11) is 0. The van der Waals surface area contributed by atoms with Gasteiger partial charge in [0, 0.05) is 10.5 Å². The predicted octanol–water partition coefficient (Wildman–Crippen LogP) is 3.66. The number of benzene rings is 1. The number of hydrogen-bond donors (Lipinski definition) is 1. The van der Waals surface area contributed by atoms with Crippen LogP contribution in [0.5, 0.6) is 0 Å². The normalized spacial score (nSPS) is 11.2. The van der Waals surface area contributed by atoms with Crippen molar-refractivity contribution in [2.45, 2.75) is 6.92 Å². The van der Waals surface area contributed by atoms with Gasteiger partial charge in [-0.3, -0.25) is 4.79 Å². The van der Waals surface area contributed by atoms with Crippen LogP contribution in [0.15, 0.2) is 47.0 Å². The average molecular weight is 284 g/mol. The van der Waals surface area contributed by atoms with Gasteiger partial charge in [-0.25, -0.2) is 4.39 Å². The third-order valence-corrected chi connectivity index (χ3v) is 2.43. The molecule has 16 heavy (non-hydrogen) atoms. The van der Waals surface area contributed by atoms with Crippen molar-refractivity contribution in [3.63, 3.8) is 0 Å². The highest BCUT2D eigenvalue weighted by molar-refractivity contribution is 9.10. The largest absolute Gasteiger partial charge is 0.321 e. The lowest BCUT2D eigenvalue weighted by Crippen LogP contribution is -2.08. The highest BCUT2D eigenvalue weighted by Crippen LogP contribution is 2.22. The van der Waals surface area contributed by atoms with E-state index >= 15 is 0 Å². The minimum absolute atomic E-state index is 0.301. The van der Waals surface area contributed by atoms with Gasteiger partial charge in [-0.2, -0.15) is 0 Å². The predicted molar refractivity (Wildman–Crippen MR) is 66.7 cm³/mol. The molecule has 0 heterocycles. The molecule has 0 unspecified atom stereocenters. The molecule has 1 N–H and O–H groups in total. The number of rotatable bonds is 3. The van der Waals surface area contributed by atoms with E-state index in [2.05, 4.69) is 21.2 Å². The molecule has 1 aromatic rings. The van der Waals surface area contributed by atoms with Crippen molar-refractivity contribution in [2.75, 3.05) is 5.32 Å². The molecule has 1 rings (SSSR count). The summed E-state index contributed by atoms with van der Waals surface area (Å²) >= 11 is 3.22. The Balaban J connectivity index is 2.73. The summed E-state index contributed by atoms with van der Waals surface area (Å²) in [5.41, 5.74) is 0.412. The van der Waals surface area contributed by atoms with Crippen molar-refractivity contribution in [2.24, 2.45) is 0 Å². The Hall–Kier alpha value is -1.42. The number of carbonyl (C=O) groups excluding carboxylic acids is 1. The average Bonchev–Trinajstić information content (AvgIpc) is 2.24. The van der Waals surface area contributed by atoms with Crippen LogP contribution in [0.3, 0.4) is 0 Å². The van der Waals surface area contributed by atoms with Gasteiger partial charge >= 0.3 is 0 Å². The zero-order valence-electron chi connectivity index (χ0n) is 8.71. The van der Waals surface area contributed by atoms with E-state index in [1.807, 2.05) is 13.0 Å². The Morgan fingerprint density at radius 3 is 2.88 bits per heavy atom. The highest BCUT2D eigenvalue weighted by Gasteiger charge is 2.03. The summed E-state index contributed by atoms with van der Waals surface area (Å²) in [6.07, 6.45) is 6.53. The van der Waals surface area contributed by atoms with Gasteiger partial charge in [0.1, 0.15) is 5.82 Å². The van der Waals surface area contributed by atoms with Crippen LogP contribution in [-0.2, 0) is 4.79 Å². The van der Waals surface area contributed by atoms with Gasteiger partial charge in [0.15, 0.2) is 0 Å². The topological polar surface area (TPSA) is 29.1 Å². The fraction of sp³-hybridized carbons (Fsp3) is 0.0833. The highest BCUT2D eigenvalue weighted by atomic mass is 79.9. The van der Waals surface area contributed by atoms with E-state index in [0.717, 1.165) is 0 Å². The lowest BCUT2D eigenvalue weighted by Gasteiger charge is -2.04. The van der Waals surface area contributed by atoms with Gasteiger partial charge in [0.2, 0.25) is 5.91 Å². The number of carbonyl (C=O) groups is 1. The standard InChI is InChI=1S/C12H11BrFNO/c1-2-3-4-5-12(16)15-11-8-9(14)6-7-10(11)13/h2-8H,1H3,(H,15,16). The Bertz CT molecular complexity index is 441. The monoisotopic (exact) mass is 283 g/mol. The molecule has 1 amide bonds. The minimum Gasteiger partial charge on any atom is -0.321 e. The van der Waals surface area contributed by atoms with Crippen LogP contribution in [0, 0.1) is 5.82 Å². The SMILES string of the molecule is CC=CC=CC(=O)Nc1cc(F)ccc1Br. The quantitative estimate of drug-likeness (QED) is 0.666. The summed E-state index contributed by atoms with van der Waals surface area (Å²) in [5.74, 6) is -0.694. The van der Waals surface area contributed by atoms with Gasteiger partial charge in [0.25, 0.3) is 0 Å². The second kappa shape index (κ2) is 6.23. The van der Waals surface area contributed by atoms with E-state index in [4.69, 9.17) is 0 Å². The Morgan fingerprint density at radius 2 is 2.19 bits per heavy atom. The van der Waals surface area contributed by atoms with E-state index in [-0.39, 0.29) is 5.91 Å². The number of hydrogen-bond acceptors (Lipinski definition) is 1. The molecule has 0 aliphatic rings. The van der Waals surface area contributed by atoms with Crippen LogP contribution < -0.4 is 5.32 Å². The fourth-order valence-electron chi connectivity index (χ4n) is 1.02. The molecule has 0 aromatic heterocycles. The van der Waals surface area contributed by atoms with Gasteiger partial charge in [-0.15, -0.1) is 0 Å². The first-order valence-electron chi connectivity index (χ1n) is 4.69. The molecule has 0 fully saturated rings. The summed E-state index contributed by atoms with van der Waals surface area (Å²) in [6.45, 7) is 1.85. The first-order valence-corrected chi connectivity index (χ1v) is 5.48. The van der Waals surface area contributed by atoms with Gasteiger partial charge in [0.05, 0.1) is 5.69 Å². The Morgan fingerprint density at radius 1 is 1.44 bits per heavy atom. The van der Waals surface area contributed by atoms with Gasteiger partial charge < -0.3 is 5.32 Å². The first-order chi connectivity index (χ1) is 7.63. The number of anilines is 1. The van der Waals surface area contributed by atoms with Crippen molar-refractivity contribution in [1.29, 1.82) is 0 Å². The zero-order chi connectivity index (χ0) is 12.0. The van der Waals surface area contributed by atoms with Crippen molar-refractivity contribution in [3.8, 4) is 0 Å². The third kappa shape index (κ3) is 3.98. The van der Waals surface area contributed by atoms with Gasteiger partial charge in [-0.1, -0.05) is 18.2 Å². The molecule has 0 spiro atoms. The van der Waals surface area contributed by atoms with Crippen LogP contribution in [0.1, 0.15) is 6.92 Å². The molecule has 0 saturated heterocycles. The van der Waals surface area contributed by atoms with Crippen LogP contribution >= 0.6 is 15.9 Å². The Labute approximate surface area is 102 Å². The summed E-state index contributed by atoms with van der Waals surface area (Å²) in [5, 5.41) is 2.56. The third-order valence-electron chi connectivity index (χ3n) is 1.74. The molecule has 4 heteroatoms. The van der Waals surface area contributed by atoms with Crippen LogP contribution in [0.2, 0.25) is 0 Å². The van der Waals surface area contributed by atoms with Crippen LogP contribution in [0.4, 0.5) is 10.1 Å². The molecule has 0 aliphatic carbocycles. The van der Waals surface area contributed by atoms with Crippen LogP contribution in [-0.4, -0.2) is 5.91 Å². The number of halogens is 2. The maximum absolute atomic E-state index is 12.9. The Kier molecular flexibility index (Phi) is 4.92. The molecule has 84 valence electrons. The van der Waals surface area contributed by atoms with E-state index < -0.39 is 5.82 Å². The number of nitrogens with one attached hydrogen (secondary N) is 1. The smallest absolute Gasteiger partial charge is 0.248 e. The molecule has 0 aliphatic heterocycles. The molecule has 1 aromatic carbocycles. The fourth-order valence-corrected chi connectivity index (χ4v) is 1.37. The van der Waals surface area contributed by atoms with E-state index in [1.54, 1.807) is 18.2 Å². The molecule has 0 atom stereocenters. The second-order valence-electron chi connectivity index (χ2n) is 3.00. The molecule has 0 radical (unpaired) electrons. The van der Waals surface area contributed by atoms with Crippen molar-refractivity contribution in [1.82, 2.24) is 0 Å². The maximum Gasteiger partial charge on any atom is 0.248 e. The lowest BCUT2D eigenvalue weighted by atomic mass is 10.3. The van der Waals surface area contributed by atoms with E-state index in [1.165, 1.54) is 18.2 Å². The minimum atomic E-state index is -0.393. The van der Waals surface area contributed by atoms with Crippen molar-refractivity contribution >= 4 is 27.5 Å². The molecule has 0 saturated carbocycles. The second-order valence-corrected chi connectivity index (χ2v) is 3.85. The van der Waals surface area contributed by atoms with E-state index in [0.29, 0.717) is 10.2 Å². The van der Waals surface area contributed by atoms with Crippen molar-refractivity contribution < 1.29 is 9.18 Å². The summed E-state index contributed by atoms with van der Waals surface area (Å²) in [6, 6.07) is 4.11. The van der Waals surface area contributed by atoms with Crippen LogP contribution in [0.25, 0.3) is 0 Å². The number of amides is 1. The molecule has 2 nitrogen and oxygen atoms in total.